The fourth-order valence-electron chi connectivity index (χ4n) is 3.68. The molecule has 38 heavy (non-hydrogen) atoms. The second kappa shape index (κ2) is 12.1. The maximum atomic E-state index is 13.5. The topological polar surface area (TPSA) is 80.3 Å². The number of anilines is 2. The lowest BCUT2D eigenvalue weighted by atomic mass is 10.1. The number of hydrogen-bond donors (Lipinski definition) is 2. The Hall–Kier alpha value is -3.92. The second-order valence-electron chi connectivity index (χ2n) is 8.12. The number of thiazole rings is 1. The fourth-order valence-corrected chi connectivity index (χ4v) is 6.11. The quantitative estimate of drug-likeness (QED) is 0.182. The number of aromatic nitrogens is 1. The molecule has 2 heterocycles. The zero-order valence-electron chi connectivity index (χ0n) is 20.3. The van der Waals surface area contributed by atoms with E-state index in [2.05, 4.69) is 15.6 Å². The Morgan fingerprint density at radius 3 is 2.45 bits per heavy atom. The Morgan fingerprint density at radius 1 is 0.895 bits per heavy atom. The average molecular weight is 558 g/mol. The molecule has 0 saturated carbocycles. The van der Waals surface area contributed by atoms with Gasteiger partial charge < -0.3 is 15.4 Å². The third-order valence-corrected chi connectivity index (χ3v) is 8.43. The molecule has 0 aliphatic heterocycles. The van der Waals surface area contributed by atoms with E-state index in [1.54, 1.807) is 13.2 Å². The van der Waals surface area contributed by atoms with Crippen molar-refractivity contribution in [2.45, 2.75) is 10.1 Å². The molecule has 0 fully saturated rings. The summed E-state index contributed by atoms with van der Waals surface area (Å²) in [7, 11) is 1.63. The molecule has 2 amide bonds. The molecule has 0 aliphatic carbocycles. The summed E-state index contributed by atoms with van der Waals surface area (Å²) >= 11 is 4.19. The van der Waals surface area contributed by atoms with E-state index in [-0.39, 0.29) is 11.8 Å². The first kappa shape index (κ1) is 25.7. The van der Waals surface area contributed by atoms with Gasteiger partial charge in [-0.25, -0.2) is 4.98 Å². The highest BCUT2D eigenvalue weighted by molar-refractivity contribution is 8.00. The number of nitrogens with one attached hydrogen (secondary N) is 2. The Morgan fingerprint density at radius 2 is 1.71 bits per heavy atom. The van der Waals surface area contributed by atoms with E-state index in [0.717, 1.165) is 27.5 Å². The van der Waals surface area contributed by atoms with E-state index < -0.39 is 5.25 Å². The van der Waals surface area contributed by atoms with Gasteiger partial charge in [0.2, 0.25) is 5.91 Å². The van der Waals surface area contributed by atoms with Crippen LogP contribution in [0.15, 0.2) is 107 Å². The number of carbonyl (C=O) groups excluding carboxylic acids is 2. The van der Waals surface area contributed by atoms with Crippen LogP contribution in [0.2, 0.25) is 0 Å². The summed E-state index contributed by atoms with van der Waals surface area (Å²) in [5.41, 5.74) is 3.27. The predicted octanol–water partition coefficient (Wildman–Crippen LogP) is 7.60. The fraction of sp³-hybridized carbons (Fsp3) is 0.0690. The van der Waals surface area contributed by atoms with Crippen LogP contribution in [0, 0.1) is 0 Å². The van der Waals surface area contributed by atoms with Crippen LogP contribution in [0.3, 0.4) is 0 Å². The van der Waals surface area contributed by atoms with Crippen LogP contribution in [0.1, 0.15) is 20.5 Å². The number of methoxy groups -OCH3 is 1. The van der Waals surface area contributed by atoms with E-state index in [4.69, 9.17) is 4.74 Å². The van der Waals surface area contributed by atoms with Crippen molar-refractivity contribution >= 4 is 57.1 Å². The van der Waals surface area contributed by atoms with Gasteiger partial charge in [0.1, 0.15) is 11.0 Å². The molecule has 0 bridgehead atoms. The predicted molar refractivity (Wildman–Crippen MR) is 156 cm³/mol. The standard InChI is InChI=1S/C29H23N3O3S3/c1-35-22-14-12-19(13-15-22)24-18-37-29(31-24)32-28(34)26(20-7-3-2-4-8-20)38-23-10-5-9-21(17-23)30-27(33)25-11-6-16-36-25/h2-18,26H,1H3,(H,30,33)(H,31,32,34). The third-order valence-electron chi connectivity index (χ3n) is 5.55. The van der Waals surface area contributed by atoms with Gasteiger partial charge in [0, 0.05) is 21.5 Å². The monoisotopic (exact) mass is 557 g/mol. The Bertz CT molecular complexity index is 1520. The van der Waals surface area contributed by atoms with Crippen molar-refractivity contribution in [1.82, 2.24) is 4.98 Å². The second-order valence-corrected chi connectivity index (χ2v) is 11.1. The van der Waals surface area contributed by atoms with Crippen molar-refractivity contribution in [2.75, 3.05) is 17.7 Å². The Balaban J connectivity index is 1.33. The van der Waals surface area contributed by atoms with Crippen molar-refractivity contribution < 1.29 is 14.3 Å². The van der Waals surface area contributed by atoms with Crippen LogP contribution < -0.4 is 15.4 Å². The maximum absolute atomic E-state index is 13.5. The molecular weight excluding hydrogens is 535 g/mol. The lowest BCUT2D eigenvalue weighted by Crippen LogP contribution is -2.19. The molecule has 2 N–H and O–H groups in total. The lowest BCUT2D eigenvalue weighted by molar-refractivity contribution is -0.115. The van der Waals surface area contributed by atoms with Gasteiger partial charge in [-0.2, -0.15) is 0 Å². The van der Waals surface area contributed by atoms with Crippen LogP contribution in [-0.4, -0.2) is 23.9 Å². The summed E-state index contributed by atoms with van der Waals surface area (Å²) in [6.07, 6.45) is 0. The molecule has 1 atom stereocenters. The van der Waals surface area contributed by atoms with Gasteiger partial charge in [-0.05, 0) is 59.5 Å². The normalized spacial score (nSPS) is 11.5. The van der Waals surface area contributed by atoms with Gasteiger partial charge in [0.25, 0.3) is 5.91 Å². The molecule has 5 aromatic rings. The molecule has 0 spiro atoms. The van der Waals surface area contributed by atoms with Crippen molar-refractivity contribution in [2.24, 2.45) is 0 Å². The van der Waals surface area contributed by atoms with Gasteiger partial charge in [-0.15, -0.1) is 34.4 Å². The molecule has 6 nitrogen and oxygen atoms in total. The minimum Gasteiger partial charge on any atom is -0.497 e. The number of hydrogen-bond acceptors (Lipinski definition) is 7. The van der Waals surface area contributed by atoms with E-state index in [9.17, 15) is 9.59 Å². The van der Waals surface area contributed by atoms with Crippen LogP contribution in [0.25, 0.3) is 11.3 Å². The average Bonchev–Trinajstić information content (AvgIpc) is 3.66. The van der Waals surface area contributed by atoms with Gasteiger partial charge in [-0.3, -0.25) is 9.59 Å². The van der Waals surface area contributed by atoms with E-state index in [1.807, 2.05) is 95.7 Å². The summed E-state index contributed by atoms with van der Waals surface area (Å²) in [6, 6.07) is 28.4. The van der Waals surface area contributed by atoms with Gasteiger partial charge in [0.15, 0.2) is 5.13 Å². The molecule has 2 aromatic heterocycles. The summed E-state index contributed by atoms with van der Waals surface area (Å²) in [4.78, 5) is 32.1. The largest absolute Gasteiger partial charge is 0.497 e. The third kappa shape index (κ3) is 6.31. The highest BCUT2D eigenvalue weighted by atomic mass is 32.2. The number of thioether (sulfide) groups is 1. The molecule has 9 heteroatoms. The Kier molecular flexibility index (Phi) is 8.18. The first-order valence-corrected chi connectivity index (χ1v) is 14.3. The van der Waals surface area contributed by atoms with Crippen molar-refractivity contribution in [3.8, 4) is 17.0 Å². The number of benzene rings is 3. The number of thiophene rings is 1. The molecule has 190 valence electrons. The molecular formula is C29H23N3O3S3. The summed E-state index contributed by atoms with van der Waals surface area (Å²) in [5, 5.41) is 9.72. The number of nitrogens with zero attached hydrogens (tertiary/aromatic N) is 1. The first-order chi connectivity index (χ1) is 18.6. The van der Waals surface area contributed by atoms with Crippen molar-refractivity contribution in [3.05, 3.63) is 112 Å². The smallest absolute Gasteiger partial charge is 0.265 e. The highest BCUT2D eigenvalue weighted by Gasteiger charge is 2.23. The van der Waals surface area contributed by atoms with Crippen molar-refractivity contribution in [3.63, 3.8) is 0 Å². The molecule has 0 aliphatic rings. The summed E-state index contributed by atoms with van der Waals surface area (Å²) < 4.78 is 5.23. The summed E-state index contributed by atoms with van der Waals surface area (Å²) in [5.74, 6) is 0.441. The number of carbonyl (C=O) groups is 2. The van der Waals surface area contributed by atoms with E-state index in [1.165, 1.54) is 34.4 Å². The minimum atomic E-state index is -0.521. The first-order valence-electron chi connectivity index (χ1n) is 11.7. The molecule has 3 aromatic carbocycles. The zero-order chi connectivity index (χ0) is 26.3. The molecule has 1 unspecified atom stereocenters. The van der Waals surface area contributed by atoms with E-state index >= 15 is 0 Å². The van der Waals surface area contributed by atoms with E-state index in [0.29, 0.717) is 15.7 Å². The molecule has 5 rings (SSSR count). The number of rotatable bonds is 9. The maximum Gasteiger partial charge on any atom is 0.265 e. The van der Waals surface area contributed by atoms with Crippen LogP contribution >= 0.6 is 34.4 Å². The Labute approximate surface area is 232 Å². The minimum absolute atomic E-state index is 0.157. The number of ether oxygens (including phenoxy) is 1. The molecule has 0 saturated heterocycles. The SMILES string of the molecule is COc1ccc(-c2csc(NC(=O)C(Sc3cccc(NC(=O)c4cccs4)c3)c3ccccc3)n2)cc1. The highest BCUT2D eigenvalue weighted by Crippen LogP contribution is 2.38. The van der Waals surface area contributed by atoms with Crippen LogP contribution in [-0.2, 0) is 4.79 Å². The number of amides is 2. The zero-order valence-corrected chi connectivity index (χ0v) is 22.7. The van der Waals surface area contributed by atoms with Gasteiger partial charge >= 0.3 is 0 Å². The van der Waals surface area contributed by atoms with Crippen LogP contribution in [0.4, 0.5) is 10.8 Å². The van der Waals surface area contributed by atoms with Gasteiger partial charge in [-0.1, -0.05) is 42.5 Å². The van der Waals surface area contributed by atoms with Crippen LogP contribution in [0.5, 0.6) is 5.75 Å². The van der Waals surface area contributed by atoms with Gasteiger partial charge in [0.05, 0.1) is 17.7 Å². The lowest BCUT2D eigenvalue weighted by Gasteiger charge is -2.17. The van der Waals surface area contributed by atoms with Crippen molar-refractivity contribution in [1.29, 1.82) is 0 Å². The summed E-state index contributed by atoms with van der Waals surface area (Å²) in [6.45, 7) is 0. The molecule has 0 radical (unpaired) electrons.